The van der Waals surface area contributed by atoms with Crippen molar-refractivity contribution in [3.05, 3.63) is 11.9 Å². The quantitative estimate of drug-likeness (QED) is 0.621. The van der Waals surface area contributed by atoms with Gasteiger partial charge in [0.25, 0.3) is 0 Å². The number of hydrogen-bond acceptors (Lipinski definition) is 4. The Labute approximate surface area is 150 Å². The van der Waals surface area contributed by atoms with E-state index in [1.54, 1.807) is 0 Å². The number of hydrogen-bond donors (Lipinski definition) is 2. The van der Waals surface area contributed by atoms with Crippen LogP contribution in [0.4, 0.5) is 5.95 Å². The van der Waals surface area contributed by atoms with Gasteiger partial charge in [0.15, 0.2) is 5.96 Å². The van der Waals surface area contributed by atoms with E-state index in [1.807, 2.05) is 32.2 Å². The monoisotopic (exact) mass is 348 g/mol. The molecule has 1 aliphatic heterocycles. The Morgan fingerprint density at radius 1 is 1.48 bits per heavy atom. The van der Waals surface area contributed by atoms with Gasteiger partial charge in [0.1, 0.15) is 0 Å². The van der Waals surface area contributed by atoms with Crippen molar-refractivity contribution in [2.24, 2.45) is 23.4 Å². The molecule has 1 saturated heterocycles. The first-order valence-corrected chi connectivity index (χ1v) is 9.20. The van der Waals surface area contributed by atoms with Gasteiger partial charge in [-0.2, -0.15) is 0 Å². The number of rotatable bonds is 5. The third-order valence-corrected chi connectivity index (χ3v) is 5.60. The van der Waals surface area contributed by atoms with Crippen LogP contribution in [0.2, 0.25) is 0 Å². The van der Waals surface area contributed by atoms with Crippen LogP contribution in [0.5, 0.6) is 0 Å². The number of ether oxygens (including phenoxy) is 1. The van der Waals surface area contributed by atoms with Crippen LogP contribution in [-0.2, 0) is 18.3 Å². The zero-order valence-electron chi connectivity index (χ0n) is 16.3. The van der Waals surface area contributed by atoms with Crippen LogP contribution in [0, 0.1) is 11.3 Å². The highest BCUT2D eigenvalue weighted by Crippen LogP contribution is 2.52. The standard InChI is InChI=1S/C18H32N6O/c1-7-19-16(20-10-12-11-21-17(23(4)5)24(12)6)22-14-13-8-9-25-15(13)18(14,2)3/h11,13-15H,7-10H2,1-6H3,(H2,19,20,22). The summed E-state index contributed by atoms with van der Waals surface area (Å²) in [5.41, 5.74) is 1.23. The van der Waals surface area contributed by atoms with Crippen molar-refractivity contribution >= 4 is 11.9 Å². The minimum Gasteiger partial charge on any atom is -0.377 e. The van der Waals surface area contributed by atoms with Crippen LogP contribution in [0.15, 0.2) is 11.2 Å². The van der Waals surface area contributed by atoms with Crippen molar-refractivity contribution in [2.75, 3.05) is 32.1 Å². The molecule has 2 aliphatic rings. The molecule has 2 heterocycles. The Kier molecular flexibility index (Phi) is 4.95. The number of aromatic nitrogens is 2. The number of anilines is 1. The number of imidazole rings is 1. The highest BCUT2D eigenvalue weighted by Gasteiger charge is 2.59. The summed E-state index contributed by atoms with van der Waals surface area (Å²) in [4.78, 5) is 11.3. The highest BCUT2D eigenvalue weighted by molar-refractivity contribution is 5.80. The lowest BCUT2D eigenvalue weighted by Gasteiger charge is -2.54. The topological polar surface area (TPSA) is 66.7 Å². The lowest BCUT2D eigenvalue weighted by atomic mass is 9.57. The fraction of sp³-hybridized carbons (Fsp3) is 0.778. The third-order valence-electron chi connectivity index (χ3n) is 5.60. The van der Waals surface area contributed by atoms with E-state index in [9.17, 15) is 0 Å². The number of nitrogens with one attached hydrogen (secondary N) is 2. The molecule has 0 amide bonds. The normalized spacial score (nSPS) is 27.6. The predicted octanol–water partition coefficient (Wildman–Crippen LogP) is 1.35. The van der Waals surface area contributed by atoms with Crippen LogP contribution in [0.25, 0.3) is 0 Å². The van der Waals surface area contributed by atoms with Crippen LogP contribution in [-0.4, -0.2) is 54.9 Å². The Morgan fingerprint density at radius 3 is 2.88 bits per heavy atom. The maximum atomic E-state index is 5.89. The van der Waals surface area contributed by atoms with E-state index in [-0.39, 0.29) is 5.41 Å². The molecular weight excluding hydrogens is 316 g/mol. The van der Waals surface area contributed by atoms with Gasteiger partial charge in [-0.25, -0.2) is 9.98 Å². The zero-order chi connectivity index (χ0) is 18.2. The first-order chi connectivity index (χ1) is 11.9. The molecule has 1 aromatic heterocycles. The largest absolute Gasteiger partial charge is 0.377 e. The van der Waals surface area contributed by atoms with E-state index in [0.29, 0.717) is 24.6 Å². The molecule has 3 unspecified atom stereocenters. The molecule has 25 heavy (non-hydrogen) atoms. The minimum absolute atomic E-state index is 0.141. The minimum atomic E-state index is 0.141. The van der Waals surface area contributed by atoms with E-state index in [1.165, 1.54) is 0 Å². The van der Waals surface area contributed by atoms with Gasteiger partial charge in [-0.05, 0) is 13.3 Å². The summed E-state index contributed by atoms with van der Waals surface area (Å²) in [5, 5.41) is 7.03. The molecule has 1 aromatic rings. The maximum absolute atomic E-state index is 5.89. The highest BCUT2D eigenvalue weighted by atomic mass is 16.5. The van der Waals surface area contributed by atoms with Crippen molar-refractivity contribution in [2.45, 2.75) is 45.9 Å². The van der Waals surface area contributed by atoms with Gasteiger partial charge < -0.3 is 24.8 Å². The molecule has 0 spiro atoms. The van der Waals surface area contributed by atoms with Gasteiger partial charge in [0.2, 0.25) is 5.95 Å². The molecule has 3 atom stereocenters. The second-order valence-electron chi connectivity index (χ2n) is 7.89. The smallest absolute Gasteiger partial charge is 0.204 e. The Hall–Kier alpha value is -1.76. The van der Waals surface area contributed by atoms with Gasteiger partial charge in [-0.1, -0.05) is 13.8 Å². The van der Waals surface area contributed by atoms with E-state index in [2.05, 4.69) is 41.0 Å². The molecule has 0 bridgehead atoms. The molecule has 1 saturated carbocycles. The lowest BCUT2D eigenvalue weighted by molar-refractivity contribution is -0.106. The second kappa shape index (κ2) is 6.86. The lowest BCUT2D eigenvalue weighted by Crippen LogP contribution is -2.67. The molecule has 140 valence electrons. The van der Waals surface area contributed by atoms with Gasteiger partial charge >= 0.3 is 0 Å². The predicted molar refractivity (Wildman–Crippen MR) is 101 cm³/mol. The SMILES string of the molecule is CCNC(=NCc1cnc(N(C)C)n1C)NC1C2CCOC2C1(C)C. The summed E-state index contributed by atoms with van der Waals surface area (Å²) < 4.78 is 7.98. The first-order valence-electron chi connectivity index (χ1n) is 9.20. The van der Waals surface area contributed by atoms with Crippen LogP contribution < -0.4 is 15.5 Å². The van der Waals surface area contributed by atoms with Crippen molar-refractivity contribution < 1.29 is 4.74 Å². The van der Waals surface area contributed by atoms with Crippen LogP contribution in [0.3, 0.4) is 0 Å². The molecule has 0 radical (unpaired) electrons. The molecule has 3 rings (SSSR count). The number of nitrogens with zero attached hydrogens (tertiary/aromatic N) is 4. The molecule has 7 heteroatoms. The third kappa shape index (κ3) is 3.21. The molecule has 2 N–H and O–H groups in total. The van der Waals surface area contributed by atoms with E-state index >= 15 is 0 Å². The molecule has 1 aliphatic carbocycles. The zero-order valence-corrected chi connectivity index (χ0v) is 16.3. The van der Waals surface area contributed by atoms with Gasteiger partial charge in [-0.15, -0.1) is 0 Å². The van der Waals surface area contributed by atoms with Crippen molar-refractivity contribution in [3.63, 3.8) is 0 Å². The first kappa shape index (κ1) is 18.0. The summed E-state index contributed by atoms with van der Waals surface area (Å²) in [7, 11) is 6.03. The molecule has 0 aromatic carbocycles. The molecule has 2 fully saturated rings. The van der Waals surface area contributed by atoms with Crippen molar-refractivity contribution in [1.29, 1.82) is 0 Å². The average Bonchev–Trinajstić information content (AvgIpc) is 3.15. The van der Waals surface area contributed by atoms with E-state index in [0.717, 1.165) is 37.2 Å². The van der Waals surface area contributed by atoms with Crippen molar-refractivity contribution in [3.8, 4) is 0 Å². The average molecular weight is 348 g/mol. The Balaban J connectivity index is 1.70. The summed E-state index contributed by atoms with van der Waals surface area (Å²) in [6.45, 7) is 8.99. The molecular formula is C18H32N6O. The molecule has 7 nitrogen and oxygen atoms in total. The summed E-state index contributed by atoms with van der Waals surface area (Å²) >= 11 is 0. The fourth-order valence-electron chi connectivity index (χ4n) is 4.24. The number of aliphatic imine (C=N–C) groups is 1. The van der Waals surface area contributed by atoms with Crippen molar-refractivity contribution in [1.82, 2.24) is 20.2 Å². The van der Waals surface area contributed by atoms with Crippen LogP contribution >= 0.6 is 0 Å². The van der Waals surface area contributed by atoms with Crippen LogP contribution in [0.1, 0.15) is 32.9 Å². The van der Waals surface area contributed by atoms with Gasteiger partial charge in [-0.3, -0.25) is 0 Å². The van der Waals surface area contributed by atoms with Gasteiger partial charge in [0.05, 0.1) is 24.5 Å². The fourth-order valence-corrected chi connectivity index (χ4v) is 4.24. The summed E-state index contributed by atoms with van der Waals surface area (Å²) in [5.74, 6) is 2.41. The summed E-state index contributed by atoms with van der Waals surface area (Å²) in [6, 6.07) is 0.404. The summed E-state index contributed by atoms with van der Waals surface area (Å²) in [6.07, 6.45) is 3.42. The number of fused-ring (bicyclic) bond motifs is 1. The Bertz CT molecular complexity index is 636. The second-order valence-corrected chi connectivity index (χ2v) is 7.89. The number of guanidine groups is 1. The van der Waals surface area contributed by atoms with E-state index in [4.69, 9.17) is 9.73 Å². The van der Waals surface area contributed by atoms with E-state index < -0.39 is 0 Å². The maximum Gasteiger partial charge on any atom is 0.204 e. The van der Waals surface area contributed by atoms with Gasteiger partial charge in [0, 0.05) is 51.7 Å². The Morgan fingerprint density at radius 2 is 2.24 bits per heavy atom.